The Morgan fingerprint density at radius 3 is 1.85 bits per heavy atom. The molecule has 0 radical (unpaired) electrons. The fraction of sp³-hybridized carbons (Fsp3) is 0. The molecule has 0 heterocycles. The summed E-state index contributed by atoms with van der Waals surface area (Å²) in [5.74, 6) is 0.0319. The van der Waals surface area contributed by atoms with Crippen LogP contribution in [-0.2, 0) is 4.57 Å². The van der Waals surface area contributed by atoms with Crippen LogP contribution < -0.4 is 0 Å². The van der Waals surface area contributed by atoms with Crippen molar-refractivity contribution in [1.29, 1.82) is 0 Å². The van der Waals surface area contributed by atoms with Gasteiger partial charge in [-0.05, 0) is 11.6 Å². The Kier molecular flexibility index (Phi) is 7.22. The van der Waals surface area contributed by atoms with Crippen LogP contribution in [0.4, 0.5) is 0 Å². The third-order valence-electron chi connectivity index (χ3n) is 2.29. The third-order valence-corrected chi connectivity index (χ3v) is 2.29. The minimum absolute atomic E-state index is 0.0319. The first-order valence-corrected chi connectivity index (χ1v) is 7.14. The van der Waals surface area contributed by atoms with Crippen LogP contribution >= 0.6 is 8.25 Å². The van der Waals surface area contributed by atoms with E-state index in [1.807, 2.05) is 66.7 Å². The van der Waals surface area contributed by atoms with E-state index in [0.717, 1.165) is 11.1 Å². The van der Waals surface area contributed by atoms with Gasteiger partial charge in [-0.2, -0.15) is 0 Å². The molecule has 4 nitrogen and oxygen atoms in total. The summed E-state index contributed by atoms with van der Waals surface area (Å²) in [5, 5.41) is 0. The van der Waals surface area contributed by atoms with E-state index in [1.165, 1.54) is 0 Å². The number of ketones is 1. The lowest BCUT2D eigenvalue weighted by atomic mass is 10.1. The van der Waals surface area contributed by atoms with Crippen molar-refractivity contribution >= 4 is 20.1 Å². The Morgan fingerprint density at radius 1 is 0.900 bits per heavy atom. The second-order valence-electron chi connectivity index (χ2n) is 3.76. The van der Waals surface area contributed by atoms with Gasteiger partial charge in [-0.15, -0.1) is 0 Å². The van der Waals surface area contributed by atoms with Crippen molar-refractivity contribution in [1.82, 2.24) is 0 Å². The quantitative estimate of drug-likeness (QED) is 0.518. The van der Waals surface area contributed by atoms with E-state index in [-0.39, 0.29) is 5.78 Å². The topological polar surface area (TPSA) is 74.6 Å². The van der Waals surface area contributed by atoms with Gasteiger partial charge in [-0.1, -0.05) is 66.7 Å². The van der Waals surface area contributed by atoms with Crippen molar-refractivity contribution in [3.05, 3.63) is 77.9 Å². The molecule has 0 fully saturated rings. The van der Waals surface area contributed by atoms with Gasteiger partial charge in [0, 0.05) is 5.56 Å². The smallest absolute Gasteiger partial charge is 0.314 e. The Bertz CT molecular complexity index is 575. The highest BCUT2D eigenvalue weighted by Gasteiger charge is 1.98. The standard InChI is InChI=1S/C15H12O.H3O3P/c16-15(14-9-5-2-6-10-14)12-11-13-7-3-1-4-8-13;1-4(2)3/h1-12H;4H,(H2,1,2,3). The van der Waals surface area contributed by atoms with Crippen LogP contribution in [0.15, 0.2) is 66.7 Å². The van der Waals surface area contributed by atoms with Gasteiger partial charge in [0.2, 0.25) is 0 Å². The van der Waals surface area contributed by atoms with Crippen molar-refractivity contribution in [3.63, 3.8) is 0 Å². The minimum Gasteiger partial charge on any atom is -0.326 e. The second kappa shape index (κ2) is 8.99. The number of rotatable bonds is 3. The largest absolute Gasteiger partial charge is 0.326 e. The Labute approximate surface area is 118 Å². The summed E-state index contributed by atoms with van der Waals surface area (Å²) in [6.45, 7) is 0. The van der Waals surface area contributed by atoms with Crippen molar-refractivity contribution in [2.24, 2.45) is 0 Å². The molecule has 5 heteroatoms. The molecular formula is C15H15O4P. The summed E-state index contributed by atoms with van der Waals surface area (Å²) in [7, 11) is -3.13. The van der Waals surface area contributed by atoms with Crippen molar-refractivity contribution in [2.45, 2.75) is 0 Å². The van der Waals surface area contributed by atoms with E-state index in [1.54, 1.807) is 6.08 Å². The highest BCUT2D eigenvalue weighted by molar-refractivity contribution is 7.30. The fourth-order valence-electron chi connectivity index (χ4n) is 1.43. The van der Waals surface area contributed by atoms with Gasteiger partial charge in [0.15, 0.2) is 5.78 Å². The number of carbonyl (C=O) groups excluding carboxylic acids is 1. The molecule has 0 bridgehead atoms. The third kappa shape index (κ3) is 6.81. The Morgan fingerprint density at radius 2 is 1.35 bits per heavy atom. The van der Waals surface area contributed by atoms with Gasteiger partial charge in [0.1, 0.15) is 0 Å². The minimum atomic E-state index is -3.13. The van der Waals surface area contributed by atoms with Crippen LogP contribution in [0.5, 0.6) is 0 Å². The zero-order valence-corrected chi connectivity index (χ0v) is 11.6. The molecule has 0 atom stereocenters. The SMILES string of the molecule is O=C(C=Cc1ccccc1)c1ccccc1.O=[PH](O)O. The first-order valence-electron chi connectivity index (χ1n) is 5.84. The molecule has 0 unspecified atom stereocenters. The monoisotopic (exact) mass is 290 g/mol. The first-order chi connectivity index (χ1) is 9.59. The molecule has 0 saturated carbocycles. The molecule has 2 N–H and O–H groups in total. The van der Waals surface area contributed by atoms with Gasteiger partial charge in [-0.25, -0.2) is 0 Å². The van der Waals surface area contributed by atoms with Crippen LogP contribution in [0.2, 0.25) is 0 Å². The van der Waals surface area contributed by atoms with Gasteiger partial charge in [-0.3, -0.25) is 9.36 Å². The lowest BCUT2D eigenvalue weighted by Gasteiger charge is -1.94. The maximum atomic E-state index is 11.7. The molecule has 2 aromatic carbocycles. The number of hydrogen-bond donors (Lipinski definition) is 2. The molecule has 104 valence electrons. The van der Waals surface area contributed by atoms with E-state index in [9.17, 15) is 4.79 Å². The highest BCUT2D eigenvalue weighted by atomic mass is 31.1. The van der Waals surface area contributed by atoms with Crippen molar-refractivity contribution in [3.8, 4) is 0 Å². The number of hydrogen-bond acceptors (Lipinski definition) is 2. The molecule has 0 aliphatic carbocycles. The molecule has 2 aromatic rings. The Hall–Kier alpha value is -2.00. The lowest BCUT2D eigenvalue weighted by Crippen LogP contribution is -1.92. The molecule has 0 saturated heterocycles. The average Bonchev–Trinajstić information content (AvgIpc) is 2.46. The number of carbonyl (C=O) groups is 1. The molecule has 2 rings (SSSR count). The van der Waals surface area contributed by atoms with E-state index in [0.29, 0.717) is 0 Å². The normalized spacial score (nSPS) is 10.2. The molecule has 0 amide bonds. The zero-order chi connectivity index (χ0) is 14.8. The second-order valence-corrected chi connectivity index (χ2v) is 4.32. The lowest BCUT2D eigenvalue weighted by molar-refractivity contribution is 0.104. The molecule has 20 heavy (non-hydrogen) atoms. The number of benzene rings is 2. The van der Waals surface area contributed by atoms with Gasteiger partial charge in [0.05, 0.1) is 0 Å². The van der Waals surface area contributed by atoms with Gasteiger partial charge < -0.3 is 9.79 Å². The van der Waals surface area contributed by atoms with Crippen LogP contribution in [0, 0.1) is 0 Å². The Balaban J connectivity index is 0.000000444. The number of allylic oxidation sites excluding steroid dienone is 1. The predicted octanol–water partition coefficient (Wildman–Crippen LogP) is 2.94. The summed E-state index contributed by atoms with van der Waals surface area (Å²) < 4.78 is 8.74. The van der Waals surface area contributed by atoms with Crippen LogP contribution in [0.3, 0.4) is 0 Å². The molecule has 0 aromatic heterocycles. The van der Waals surface area contributed by atoms with Crippen LogP contribution in [0.1, 0.15) is 15.9 Å². The summed E-state index contributed by atoms with van der Waals surface area (Å²) in [6, 6.07) is 19.1. The van der Waals surface area contributed by atoms with Gasteiger partial charge >= 0.3 is 8.25 Å². The summed E-state index contributed by atoms with van der Waals surface area (Å²) in [5.41, 5.74) is 1.75. The molecule has 0 aliphatic rings. The zero-order valence-electron chi connectivity index (χ0n) is 10.6. The first kappa shape index (κ1) is 16.1. The van der Waals surface area contributed by atoms with Gasteiger partial charge in [0.25, 0.3) is 0 Å². The van der Waals surface area contributed by atoms with Crippen molar-refractivity contribution in [2.75, 3.05) is 0 Å². The molecule has 0 aliphatic heterocycles. The fourth-order valence-corrected chi connectivity index (χ4v) is 1.43. The maximum Gasteiger partial charge on any atom is 0.314 e. The van der Waals surface area contributed by atoms with E-state index in [4.69, 9.17) is 14.4 Å². The van der Waals surface area contributed by atoms with Crippen molar-refractivity contribution < 1.29 is 19.1 Å². The predicted molar refractivity (Wildman–Crippen MR) is 79.7 cm³/mol. The van der Waals surface area contributed by atoms with E-state index < -0.39 is 8.25 Å². The molecular weight excluding hydrogens is 275 g/mol. The van der Waals surface area contributed by atoms with E-state index in [2.05, 4.69) is 0 Å². The molecule has 0 spiro atoms. The summed E-state index contributed by atoms with van der Waals surface area (Å²) >= 11 is 0. The van der Waals surface area contributed by atoms with E-state index >= 15 is 0 Å². The summed E-state index contributed by atoms with van der Waals surface area (Å²) in [6.07, 6.45) is 3.43. The highest BCUT2D eigenvalue weighted by Crippen LogP contribution is 2.05. The van der Waals surface area contributed by atoms with Crippen LogP contribution in [0.25, 0.3) is 6.08 Å². The maximum absolute atomic E-state index is 11.7. The van der Waals surface area contributed by atoms with Crippen LogP contribution in [-0.4, -0.2) is 15.6 Å². The summed E-state index contributed by atoms with van der Waals surface area (Å²) in [4.78, 5) is 26.0. The average molecular weight is 290 g/mol.